The van der Waals surface area contributed by atoms with Crippen molar-refractivity contribution < 1.29 is 13.2 Å². The highest BCUT2D eigenvalue weighted by Gasteiger charge is 2.16. The first-order valence-electron chi connectivity index (χ1n) is 7.95. The van der Waals surface area contributed by atoms with E-state index in [1.54, 1.807) is 42.2 Å². The summed E-state index contributed by atoms with van der Waals surface area (Å²) >= 11 is 1.14. The molecule has 0 saturated carbocycles. The van der Waals surface area contributed by atoms with Gasteiger partial charge in [0.05, 0.1) is 6.33 Å². The van der Waals surface area contributed by atoms with Crippen LogP contribution in [0.4, 0.5) is 5.69 Å². The monoisotopic (exact) mass is 390 g/mol. The van der Waals surface area contributed by atoms with E-state index >= 15 is 0 Å². The number of hydrogen-bond donors (Lipinski definition) is 2. The zero-order valence-corrected chi connectivity index (χ0v) is 15.5. The van der Waals surface area contributed by atoms with Gasteiger partial charge in [-0.1, -0.05) is 12.1 Å². The predicted molar refractivity (Wildman–Crippen MR) is 101 cm³/mol. The first kappa shape index (κ1) is 18.2. The molecule has 0 atom stereocenters. The van der Waals surface area contributed by atoms with Crippen LogP contribution in [0.3, 0.4) is 0 Å². The maximum Gasteiger partial charge on any atom is 0.271 e. The molecule has 0 unspecified atom stereocenters. The number of carbonyl (C=O) groups is 1. The fourth-order valence-electron chi connectivity index (χ4n) is 2.33. The summed E-state index contributed by atoms with van der Waals surface area (Å²) in [7, 11) is -3.63. The number of imidazole rings is 1. The van der Waals surface area contributed by atoms with E-state index in [2.05, 4.69) is 15.0 Å². The molecule has 3 rings (SSSR count). The molecule has 2 aromatic heterocycles. The van der Waals surface area contributed by atoms with Gasteiger partial charge in [-0.3, -0.25) is 9.52 Å². The number of thiophene rings is 1. The van der Waals surface area contributed by atoms with Gasteiger partial charge in [0.25, 0.3) is 15.9 Å². The number of aryl methyl sites for hydroxylation is 1. The van der Waals surface area contributed by atoms with Crippen molar-refractivity contribution in [1.29, 1.82) is 0 Å². The third kappa shape index (κ3) is 4.70. The molecule has 0 saturated heterocycles. The van der Waals surface area contributed by atoms with Crippen LogP contribution in [-0.2, 0) is 16.6 Å². The van der Waals surface area contributed by atoms with Crippen LogP contribution in [0.5, 0.6) is 0 Å². The lowest BCUT2D eigenvalue weighted by Gasteiger charge is -2.09. The van der Waals surface area contributed by atoms with Crippen LogP contribution in [0.1, 0.15) is 16.8 Å². The van der Waals surface area contributed by atoms with Crippen LogP contribution in [0.15, 0.2) is 64.7 Å². The zero-order valence-electron chi connectivity index (χ0n) is 13.8. The molecule has 136 valence electrons. The Kier molecular flexibility index (Phi) is 5.69. The van der Waals surface area contributed by atoms with Crippen LogP contribution in [0.25, 0.3) is 0 Å². The van der Waals surface area contributed by atoms with E-state index < -0.39 is 10.0 Å². The second-order valence-corrected chi connectivity index (χ2v) is 8.39. The van der Waals surface area contributed by atoms with Crippen molar-refractivity contribution in [1.82, 2.24) is 14.9 Å². The van der Waals surface area contributed by atoms with Crippen molar-refractivity contribution >= 4 is 33.0 Å². The Hall–Kier alpha value is -2.65. The molecule has 0 fully saturated rings. The SMILES string of the molecule is O=C(NCCCn1ccnc1)c1cccc(NS(=O)(=O)c2cccs2)c1. The highest BCUT2D eigenvalue weighted by atomic mass is 32.2. The second-order valence-electron chi connectivity index (χ2n) is 5.53. The molecule has 26 heavy (non-hydrogen) atoms. The summed E-state index contributed by atoms with van der Waals surface area (Å²) in [6.45, 7) is 1.28. The smallest absolute Gasteiger partial charge is 0.271 e. The first-order chi connectivity index (χ1) is 12.5. The van der Waals surface area contributed by atoms with Crippen molar-refractivity contribution in [3.8, 4) is 0 Å². The van der Waals surface area contributed by atoms with Crippen molar-refractivity contribution in [2.75, 3.05) is 11.3 Å². The molecule has 0 radical (unpaired) electrons. The molecule has 1 aromatic carbocycles. The van der Waals surface area contributed by atoms with Gasteiger partial charge in [-0.05, 0) is 36.1 Å². The summed E-state index contributed by atoms with van der Waals surface area (Å²) < 4.78 is 29.2. The Balaban J connectivity index is 1.57. The van der Waals surface area contributed by atoms with E-state index in [9.17, 15) is 13.2 Å². The van der Waals surface area contributed by atoms with Gasteiger partial charge in [0, 0.05) is 36.7 Å². The van der Waals surface area contributed by atoms with Crippen LogP contribution in [-0.4, -0.2) is 30.4 Å². The molecule has 7 nitrogen and oxygen atoms in total. The largest absolute Gasteiger partial charge is 0.352 e. The molecular formula is C17H18N4O3S2. The topological polar surface area (TPSA) is 93.1 Å². The fourth-order valence-corrected chi connectivity index (χ4v) is 4.37. The third-order valence-corrected chi connectivity index (χ3v) is 6.35. The number of nitrogens with zero attached hydrogens (tertiary/aromatic N) is 2. The van der Waals surface area contributed by atoms with Crippen LogP contribution in [0, 0.1) is 0 Å². The van der Waals surface area contributed by atoms with E-state index in [0.29, 0.717) is 17.8 Å². The van der Waals surface area contributed by atoms with Gasteiger partial charge in [0.2, 0.25) is 0 Å². The van der Waals surface area contributed by atoms with Gasteiger partial charge in [0.15, 0.2) is 0 Å². The van der Waals surface area contributed by atoms with Crippen molar-refractivity contribution in [3.63, 3.8) is 0 Å². The zero-order chi connectivity index (χ0) is 18.4. The van der Waals surface area contributed by atoms with Gasteiger partial charge < -0.3 is 9.88 Å². The molecule has 2 heterocycles. The maximum absolute atomic E-state index is 12.3. The minimum atomic E-state index is -3.63. The Labute approximate surface area is 155 Å². The Morgan fingerprint density at radius 2 is 2.12 bits per heavy atom. The molecule has 3 aromatic rings. The molecular weight excluding hydrogens is 372 g/mol. The van der Waals surface area contributed by atoms with Gasteiger partial charge in [-0.25, -0.2) is 13.4 Å². The van der Waals surface area contributed by atoms with Gasteiger partial charge in [-0.2, -0.15) is 0 Å². The van der Waals surface area contributed by atoms with Gasteiger partial charge >= 0.3 is 0 Å². The number of anilines is 1. The van der Waals surface area contributed by atoms with Crippen LogP contribution < -0.4 is 10.0 Å². The van der Waals surface area contributed by atoms with Gasteiger partial charge in [-0.15, -0.1) is 11.3 Å². The summed E-state index contributed by atoms with van der Waals surface area (Å²) in [5, 5.41) is 4.53. The average Bonchev–Trinajstić information content (AvgIpc) is 3.32. The van der Waals surface area contributed by atoms with E-state index in [-0.39, 0.29) is 10.1 Å². The number of hydrogen-bond acceptors (Lipinski definition) is 5. The van der Waals surface area contributed by atoms with E-state index in [1.807, 2.05) is 10.8 Å². The van der Waals surface area contributed by atoms with Crippen LogP contribution in [0.2, 0.25) is 0 Å². The Morgan fingerprint density at radius 1 is 1.23 bits per heavy atom. The van der Waals surface area contributed by atoms with E-state index in [4.69, 9.17) is 0 Å². The number of amides is 1. The Bertz CT molecular complexity index is 952. The standard InChI is InChI=1S/C17H18N4O3S2/c22-17(19-7-3-9-21-10-8-18-13-21)14-4-1-5-15(12-14)20-26(23,24)16-6-2-11-25-16/h1-2,4-6,8,10-13,20H,3,7,9H2,(H,19,22). The number of benzene rings is 1. The average molecular weight is 390 g/mol. The quantitative estimate of drug-likeness (QED) is 0.578. The molecule has 0 spiro atoms. The lowest BCUT2D eigenvalue weighted by molar-refractivity contribution is 0.0952. The van der Waals surface area contributed by atoms with Crippen molar-refractivity contribution in [3.05, 3.63) is 66.1 Å². The number of carbonyl (C=O) groups excluding carboxylic acids is 1. The van der Waals surface area contributed by atoms with E-state index in [1.165, 1.54) is 12.1 Å². The molecule has 2 N–H and O–H groups in total. The first-order valence-corrected chi connectivity index (χ1v) is 10.3. The van der Waals surface area contributed by atoms with Crippen molar-refractivity contribution in [2.45, 2.75) is 17.2 Å². The normalized spacial score (nSPS) is 11.2. The fraction of sp³-hybridized carbons (Fsp3) is 0.176. The lowest BCUT2D eigenvalue weighted by Crippen LogP contribution is -2.25. The number of rotatable bonds is 8. The minimum Gasteiger partial charge on any atom is -0.352 e. The molecule has 1 amide bonds. The molecule has 0 aliphatic carbocycles. The highest BCUT2D eigenvalue weighted by molar-refractivity contribution is 7.94. The molecule has 9 heteroatoms. The molecule has 0 aliphatic heterocycles. The second kappa shape index (κ2) is 8.15. The van der Waals surface area contributed by atoms with Gasteiger partial charge in [0.1, 0.15) is 4.21 Å². The number of sulfonamides is 1. The molecule has 0 aliphatic rings. The van der Waals surface area contributed by atoms with Crippen molar-refractivity contribution in [2.24, 2.45) is 0 Å². The highest BCUT2D eigenvalue weighted by Crippen LogP contribution is 2.20. The summed E-state index contributed by atoms with van der Waals surface area (Å²) in [5.74, 6) is -0.243. The van der Waals surface area contributed by atoms with Crippen LogP contribution >= 0.6 is 11.3 Å². The third-order valence-electron chi connectivity index (χ3n) is 3.57. The predicted octanol–water partition coefficient (Wildman–Crippen LogP) is 2.57. The summed E-state index contributed by atoms with van der Waals surface area (Å²) in [4.78, 5) is 16.2. The number of aromatic nitrogens is 2. The Morgan fingerprint density at radius 3 is 2.85 bits per heavy atom. The summed E-state index contributed by atoms with van der Waals surface area (Å²) in [6, 6.07) is 9.63. The summed E-state index contributed by atoms with van der Waals surface area (Å²) in [6.07, 6.45) is 6.07. The number of nitrogens with one attached hydrogen (secondary N) is 2. The van der Waals surface area contributed by atoms with E-state index in [0.717, 1.165) is 24.3 Å². The lowest BCUT2D eigenvalue weighted by atomic mass is 10.2. The summed E-state index contributed by atoms with van der Waals surface area (Å²) in [5.41, 5.74) is 0.753. The minimum absolute atomic E-state index is 0.229. The maximum atomic E-state index is 12.3. The molecule has 0 bridgehead atoms.